The van der Waals surface area contributed by atoms with Crippen molar-refractivity contribution in [2.75, 3.05) is 7.11 Å². The van der Waals surface area contributed by atoms with Gasteiger partial charge in [0.1, 0.15) is 17.3 Å². The maximum atomic E-state index is 5.97. The van der Waals surface area contributed by atoms with Gasteiger partial charge in [-0.15, -0.1) is 0 Å². The van der Waals surface area contributed by atoms with Crippen LogP contribution in [0.2, 0.25) is 0 Å². The van der Waals surface area contributed by atoms with Gasteiger partial charge in [-0.3, -0.25) is 0 Å². The summed E-state index contributed by atoms with van der Waals surface area (Å²) in [6.07, 6.45) is 0. The van der Waals surface area contributed by atoms with E-state index >= 15 is 0 Å². The third kappa shape index (κ3) is 2.49. The molecule has 0 aliphatic heterocycles. The summed E-state index contributed by atoms with van der Waals surface area (Å²) >= 11 is 3.56. The van der Waals surface area contributed by atoms with E-state index in [1.165, 1.54) is 0 Å². The van der Waals surface area contributed by atoms with Gasteiger partial charge in [0.15, 0.2) is 0 Å². The lowest BCUT2D eigenvalue weighted by Gasteiger charge is -2.01. The van der Waals surface area contributed by atoms with Crippen LogP contribution >= 0.6 is 15.9 Å². The zero-order valence-electron chi connectivity index (χ0n) is 11.0. The molecule has 0 radical (unpaired) electrons. The van der Waals surface area contributed by atoms with E-state index in [0.29, 0.717) is 0 Å². The topological polar surface area (TPSA) is 22.4 Å². The summed E-state index contributed by atoms with van der Waals surface area (Å²) in [7, 11) is 1.66. The number of furan rings is 1. The highest BCUT2D eigenvalue weighted by Crippen LogP contribution is 2.36. The number of hydrogen-bond acceptors (Lipinski definition) is 2. The minimum atomic E-state index is 0.825. The van der Waals surface area contributed by atoms with Gasteiger partial charge in [-0.25, -0.2) is 0 Å². The van der Waals surface area contributed by atoms with Crippen LogP contribution in [-0.4, -0.2) is 7.11 Å². The fourth-order valence-corrected chi connectivity index (χ4v) is 2.57. The van der Waals surface area contributed by atoms with Crippen molar-refractivity contribution in [1.82, 2.24) is 0 Å². The number of rotatable bonds is 3. The molecule has 0 fully saturated rings. The minimum Gasteiger partial charge on any atom is -0.497 e. The second-order valence-corrected chi connectivity index (χ2v) is 5.24. The minimum absolute atomic E-state index is 0.825. The SMILES string of the molecule is COc1ccc(-c2oc(-c3ccccc3)cc2Br)cc1. The average Bonchev–Trinajstić information content (AvgIpc) is 2.90. The lowest BCUT2D eigenvalue weighted by molar-refractivity contribution is 0.415. The van der Waals surface area contributed by atoms with E-state index in [1.54, 1.807) is 7.11 Å². The first-order valence-corrected chi connectivity index (χ1v) is 7.06. The van der Waals surface area contributed by atoms with Crippen molar-refractivity contribution in [2.24, 2.45) is 0 Å². The molecule has 0 N–H and O–H groups in total. The predicted octanol–water partition coefficient (Wildman–Crippen LogP) is 5.38. The summed E-state index contributed by atoms with van der Waals surface area (Å²) in [5.41, 5.74) is 2.08. The van der Waals surface area contributed by atoms with Crippen molar-refractivity contribution in [1.29, 1.82) is 0 Å². The van der Waals surface area contributed by atoms with Crippen LogP contribution in [0.5, 0.6) is 5.75 Å². The van der Waals surface area contributed by atoms with Crippen LogP contribution < -0.4 is 4.74 Å². The number of benzene rings is 2. The maximum Gasteiger partial charge on any atom is 0.148 e. The molecular formula is C17H13BrO2. The van der Waals surface area contributed by atoms with Crippen LogP contribution in [0.15, 0.2) is 69.6 Å². The smallest absolute Gasteiger partial charge is 0.148 e. The van der Waals surface area contributed by atoms with Crippen molar-refractivity contribution < 1.29 is 9.15 Å². The molecule has 100 valence electrons. The van der Waals surface area contributed by atoms with Crippen LogP contribution in [0.4, 0.5) is 0 Å². The second-order valence-electron chi connectivity index (χ2n) is 4.38. The molecule has 0 unspecified atom stereocenters. The van der Waals surface area contributed by atoms with Gasteiger partial charge < -0.3 is 9.15 Å². The van der Waals surface area contributed by atoms with Gasteiger partial charge >= 0.3 is 0 Å². The molecule has 0 saturated heterocycles. The monoisotopic (exact) mass is 328 g/mol. The molecule has 0 amide bonds. The van der Waals surface area contributed by atoms with Crippen molar-refractivity contribution in [3.63, 3.8) is 0 Å². The van der Waals surface area contributed by atoms with Crippen molar-refractivity contribution >= 4 is 15.9 Å². The van der Waals surface area contributed by atoms with Gasteiger partial charge in [-0.2, -0.15) is 0 Å². The van der Waals surface area contributed by atoms with E-state index in [1.807, 2.05) is 60.7 Å². The molecule has 2 nitrogen and oxygen atoms in total. The van der Waals surface area contributed by atoms with E-state index in [0.717, 1.165) is 32.9 Å². The van der Waals surface area contributed by atoms with E-state index in [4.69, 9.17) is 9.15 Å². The molecule has 2 aromatic carbocycles. The Labute approximate surface area is 126 Å². The van der Waals surface area contributed by atoms with Crippen LogP contribution in [0.25, 0.3) is 22.6 Å². The molecule has 0 aliphatic carbocycles. The highest BCUT2D eigenvalue weighted by molar-refractivity contribution is 9.10. The van der Waals surface area contributed by atoms with Gasteiger partial charge in [0.05, 0.1) is 11.6 Å². The Bertz CT molecular complexity index is 700. The van der Waals surface area contributed by atoms with Crippen LogP contribution in [0.3, 0.4) is 0 Å². The first-order chi connectivity index (χ1) is 9.78. The van der Waals surface area contributed by atoms with E-state index in [-0.39, 0.29) is 0 Å². The Kier molecular flexibility index (Phi) is 3.61. The highest BCUT2D eigenvalue weighted by atomic mass is 79.9. The number of ether oxygens (including phenoxy) is 1. The predicted molar refractivity (Wildman–Crippen MR) is 83.8 cm³/mol. The molecule has 0 atom stereocenters. The molecule has 3 heteroatoms. The molecule has 0 spiro atoms. The van der Waals surface area contributed by atoms with E-state index < -0.39 is 0 Å². The van der Waals surface area contributed by atoms with Gasteiger partial charge in [0.2, 0.25) is 0 Å². The third-order valence-electron chi connectivity index (χ3n) is 3.10. The van der Waals surface area contributed by atoms with Gasteiger partial charge in [-0.1, -0.05) is 30.3 Å². The molecule has 0 saturated carbocycles. The summed E-state index contributed by atoms with van der Waals surface area (Å²) < 4.78 is 12.1. The third-order valence-corrected chi connectivity index (χ3v) is 3.69. The Morgan fingerprint density at radius 2 is 1.60 bits per heavy atom. The normalized spacial score (nSPS) is 10.5. The lowest BCUT2D eigenvalue weighted by atomic mass is 10.1. The first-order valence-electron chi connectivity index (χ1n) is 6.27. The highest BCUT2D eigenvalue weighted by Gasteiger charge is 2.12. The molecule has 1 aromatic heterocycles. The van der Waals surface area contributed by atoms with E-state index in [2.05, 4.69) is 15.9 Å². The summed E-state index contributed by atoms with van der Waals surface area (Å²) in [4.78, 5) is 0. The Balaban J connectivity index is 2.00. The summed E-state index contributed by atoms with van der Waals surface area (Å²) in [6.45, 7) is 0. The largest absolute Gasteiger partial charge is 0.497 e. The van der Waals surface area contributed by atoms with Gasteiger partial charge in [0.25, 0.3) is 0 Å². The molecular weight excluding hydrogens is 316 g/mol. The fourth-order valence-electron chi connectivity index (χ4n) is 2.05. The molecule has 0 bridgehead atoms. The molecule has 3 rings (SSSR count). The van der Waals surface area contributed by atoms with Gasteiger partial charge in [0, 0.05) is 11.1 Å². The molecule has 20 heavy (non-hydrogen) atoms. The zero-order valence-corrected chi connectivity index (χ0v) is 12.6. The standard InChI is InChI=1S/C17H13BrO2/c1-19-14-9-7-13(8-10-14)17-15(18)11-16(20-17)12-5-3-2-4-6-12/h2-11H,1H3. The molecule has 1 heterocycles. The second kappa shape index (κ2) is 5.55. The van der Waals surface area contributed by atoms with E-state index in [9.17, 15) is 0 Å². The molecule has 0 aliphatic rings. The molecule has 3 aromatic rings. The Morgan fingerprint density at radius 3 is 2.25 bits per heavy atom. The van der Waals surface area contributed by atoms with Crippen molar-refractivity contribution in [2.45, 2.75) is 0 Å². The number of hydrogen-bond donors (Lipinski definition) is 0. The summed E-state index contributed by atoms with van der Waals surface area (Å²) in [5, 5.41) is 0. The van der Waals surface area contributed by atoms with Crippen LogP contribution in [-0.2, 0) is 0 Å². The van der Waals surface area contributed by atoms with Crippen LogP contribution in [0.1, 0.15) is 0 Å². The lowest BCUT2D eigenvalue weighted by Crippen LogP contribution is -1.82. The number of halogens is 1. The zero-order chi connectivity index (χ0) is 13.9. The first kappa shape index (κ1) is 13.0. The van der Waals surface area contributed by atoms with Crippen molar-refractivity contribution in [3.8, 4) is 28.4 Å². The average molecular weight is 329 g/mol. The van der Waals surface area contributed by atoms with Crippen molar-refractivity contribution in [3.05, 3.63) is 65.1 Å². The quantitative estimate of drug-likeness (QED) is 0.643. The number of methoxy groups -OCH3 is 1. The fraction of sp³-hybridized carbons (Fsp3) is 0.0588. The summed E-state index contributed by atoms with van der Waals surface area (Å²) in [6, 6.07) is 19.9. The Morgan fingerprint density at radius 1 is 0.900 bits per heavy atom. The summed E-state index contributed by atoms with van der Waals surface area (Å²) in [5.74, 6) is 2.51. The Hall–Kier alpha value is -2.00. The maximum absolute atomic E-state index is 5.97. The van der Waals surface area contributed by atoms with Crippen LogP contribution in [0, 0.1) is 0 Å². The van der Waals surface area contributed by atoms with Gasteiger partial charge in [-0.05, 0) is 46.3 Å².